The van der Waals surface area contributed by atoms with Crippen molar-refractivity contribution in [1.29, 1.82) is 0 Å². The van der Waals surface area contributed by atoms with Crippen LogP contribution in [0.4, 0.5) is 0 Å². The third-order valence-electron chi connectivity index (χ3n) is 3.16. The van der Waals surface area contributed by atoms with E-state index in [2.05, 4.69) is 10.5 Å². The van der Waals surface area contributed by atoms with Gasteiger partial charge in [0, 0.05) is 18.6 Å². The van der Waals surface area contributed by atoms with E-state index in [9.17, 15) is 4.79 Å². The minimum atomic E-state index is -0.267. The third-order valence-corrected chi connectivity index (χ3v) is 3.16. The lowest BCUT2D eigenvalue weighted by Gasteiger charge is -2.08. The molecule has 0 aliphatic heterocycles. The highest BCUT2D eigenvalue weighted by atomic mass is 16.3. The Balaban J connectivity index is 1.67. The van der Waals surface area contributed by atoms with Crippen molar-refractivity contribution >= 4 is 18.2 Å². The second kappa shape index (κ2) is 7.09. The number of rotatable bonds is 5. The summed E-state index contributed by atoms with van der Waals surface area (Å²) in [7, 11) is 0. The first-order valence-electron chi connectivity index (χ1n) is 7.10. The highest BCUT2D eigenvalue weighted by Gasteiger charge is 2.10. The summed E-state index contributed by atoms with van der Waals surface area (Å²) in [4.78, 5) is 12.3. The number of hydrogen-bond acceptors (Lipinski definition) is 3. The van der Waals surface area contributed by atoms with Gasteiger partial charge in [-0.15, -0.1) is 0 Å². The maximum absolute atomic E-state index is 12.3. The molecule has 3 rings (SSSR count). The first-order valence-corrected chi connectivity index (χ1v) is 7.10. The lowest BCUT2D eigenvalue weighted by atomic mass is 10.1. The number of nitrogens with one attached hydrogen (secondary N) is 1. The summed E-state index contributed by atoms with van der Waals surface area (Å²) >= 11 is 0. The number of hydrogen-bond donors (Lipinski definition) is 1. The smallest absolute Gasteiger partial charge is 0.273 e. The molecule has 0 aliphatic rings. The molecular weight excluding hydrogens is 290 g/mol. The van der Waals surface area contributed by atoms with Crippen molar-refractivity contribution in [2.45, 2.75) is 0 Å². The molecule has 1 aromatic carbocycles. The third kappa shape index (κ3) is 3.65. The van der Waals surface area contributed by atoms with Crippen LogP contribution in [0, 0.1) is 0 Å². The number of para-hydroxylation sites is 1. The van der Waals surface area contributed by atoms with Gasteiger partial charge in [-0.1, -0.05) is 12.1 Å². The van der Waals surface area contributed by atoms with Crippen LogP contribution < -0.4 is 5.43 Å². The number of amides is 1. The number of carbonyl (C=O) groups is 1. The van der Waals surface area contributed by atoms with E-state index >= 15 is 0 Å². The molecule has 23 heavy (non-hydrogen) atoms. The van der Waals surface area contributed by atoms with E-state index < -0.39 is 0 Å². The Morgan fingerprint density at radius 1 is 1.09 bits per heavy atom. The molecule has 0 unspecified atom stereocenters. The highest BCUT2D eigenvalue weighted by molar-refractivity contribution is 5.98. The molecule has 114 valence electrons. The molecule has 0 atom stereocenters. The number of allylic oxidation sites excluding steroid dienone is 1. The summed E-state index contributed by atoms with van der Waals surface area (Å²) in [6, 6.07) is 14.8. The second-order valence-corrected chi connectivity index (χ2v) is 4.70. The molecule has 2 heterocycles. The van der Waals surface area contributed by atoms with Gasteiger partial charge in [0.1, 0.15) is 5.76 Å². The van der Waals surface area contributed by atoms with E-state index in [1.54, 1.807) is 30.5 Å². The zero-order valence-electron chi connectivity index (χ0n) is 12.3. The van der Waals surface area contributed by atoms with Crippen LogP contribution in [-0.2, 0) is 0 Å². The Bertz CT molecular complexity index is 816. The van der Waals surface area contributed by atoms with Crippen LogP contribution in [0.15, 0.2) is 82.8 Å². The Hall–Kier alpha value is -3.34. The van der Waals surface area contributed by atoms with Crippen LogP contribution in [0.5, 0.6) is 0 Å². The second-order valence-electron chi connectivity index (χ2n) is 4.70. The minimum Gasteiger partial charge on any atom is -0.465 e. The predicted octanol–water partition coefficient (Wildman–Crippen LogP) is 3.50. The zero-order valence-corrected chi connectivity index (χ0v) is 12.3. The number of benzene rings is 1. The minimum absolute atomic E-state index is 0.267. The first kappa shape index (κ1) is 14.6. The van der Waals surface area contributed by atoms with Gasteiger partial charge in [0.2, 0.25) is 0 Å². The van der Waals surface area contributed by atoms with Gasteiger partial charge in [0.05, 0.1) is 17.5 Å². The van der Waals surface area contributed by atoms with Crippen LogP contribution in [0.1, 0.15) is 16.1 Å². The molecule has 5 heteroatoms. The largest absolute Gasteiger partial charge is 0.465 e. The summed E-state index contributed by atoms with van der Waals surface area (Å²) in [6.07, 6.45) is 10.3. The Morgan fingerprint density at radius 3 is 2.70 bits per heavy atom. The summed E-state index contributed by atoms with van der Waals surface area (Å²) in [5, 5.41) is 3.91. The Kier molecular flexibility index (Phi) is 4.49. The van der Waals surface area contributed by atoms with Crippen LogP contribution in [0.2, 0.25) is 0 Å². The Morgan fingerprint density at radius 2 is 1.91 bits per heavy atom. The molecule has 0 saturated carbocycles. The number of carbonyl (C=O) groups excluding carboxylic acids is 1. The molecule has 0 spiro atoms. The first-order chi connectivity index (χ1) is 11.3. The molecule has 0 bridgehead atoms. The summed E-state index contributed by atoms with van der Waals surface area (Å²) in [5.74, 6) is 0.456. The summed E-state index contributed by atoms with van der Waals surface area (Å²) in [5.41, 5.74) is 3.87. The van der Waals surface area contributed by atoms with Gasteiger partial charge in [-0.05, 0) is 48.6 Å². The molecule has 0 fully saturated rings. The van der Waals surface area contributed by atoms with Gasteiger partial charge in [0.25, 0.3) is 5.91 Å². The Labute approximate surface area is 133 Å². The number of furan rings is 1. The fraction of sp³-hybridized carbons (Fsp3) is 0. The van der Waals surface area contributed by atoms with Crippen molar-refractivity contribution in [2.24, 2.45) is 5.10 Å². The molecule has 5 nitrogen and oxygen atoms in total. The lowest BCUT2D eigenvalue weighted by Crippen LogP contribution is -2.19. The molecule has 1 amide bonds. The predicted molar refractivity (Wildman–Crippen MR) is 89.5 cm³/mol. The van der Waals surface area contributed by atoms with Crippen LogP contribution >= 0.6 is 0 Å². The van der Waals surface area contributed by atoms with E-state index in [1.165, 1.54) is 6.21 Å². The number of nitrogens with zero attached hydrogens (tertiary/aromatic N) is 2. The van der Waals surface area contributed by atoms with Gasteiger partial charge in [-0.25, -0.2) is 5.43 Å². The molecule has 3 aromatic rings. The van der Waals surface area contributed by atoms with Gasteiger partial charge in [-0.2, -0.15) is 5.10 Å². The van der Waals surface area contributed by atoms with E-state index in [0.717, 1.165) is 11.4 Å². The SMILES string of the molecule is O=C(N/N=C/C=C/c1ccco1)c1ccccc1-n1cccc1. The van der Waals surface area contributed by atoms with Gasteiger partial charge >= 0.3 is 0 Å². The molecule has 2 aromatic heterocycles. The summed E-state index contributed by atoms with van der Waals surface area (Å²) < 4.78 is 7.03. The van der Waals surface area contributed by atoms with Gasteiger partial charge < -0.3 is 8.98 Å². The molecule has 0 radical (unpaired) electrons. The molecule has 1 N–H and O–H groups in total. The average molecular weight is 305 g/mol. The van der Waals surface area contributed by atoms with E-state index in [4.69, 9.17) is 4.42 Å². The van der Waals surface area contributed by atoms with Gasteiger partial charge in [-0.3, -0.25) is 4.79 Å². The molecule has 0 aliphatic carbocycles. The van der Waals surface area contributed by atoms with E-state index in [1.807, 2.05) is 53.4 Å². The number of hydrazone groups is 1. The van der Waals surface area contributed by atoms with Crippen molar-refractivity contribution in [3.8, 4) is 5.69 Å². The average Bonchev–Trinajstić information content (AvgIpc) is 3.28. The maximum Gasteiger partial charge on any atom is 0.273 e. The highest BCUT2D eigenvalue weighted by Crippen LogP contribution is 2.14. The standard InChI is InChI=1S/C18H15N3O2/c22-18(20-19-11-5-7-15-8-6-14-23-15)16-9-1-2-10-17(16)21-12-3-4-13-21/h1-14H,(H,20,22)/b7-5+,19-11+. The van der Waals surface area contributed by atoms with Crippen molar-refractivity contribution in [3.63, 3.8) is 0 Å². The lowest BCUT2D eigenvalue weighted by molar-refractivity contribution is 0.0955. The quantitative estimate of drug-likeness (QED) is 0.579. The van der Waals surface area contributed by atoms with E-state index in [0.29, 0.717) is 5.56 Å². The van der Waals surface area contributed by atoms with Crippen LogP contribution in [-0.4, -0.2) is 16.7 Å². The van der Waals surface area contributed by atoms with Crippen LogP contribution in [0.25, 0.3) is 11.8 Å². The van der Waals surface area contributed by atoms with Gasteiger partial charge in [0.15, 0.2) is 0 Å². The number of aromatic nitrogens is 1. The fourth-order valence-electron chi connectivity index (χ4n) is 2.11. The molecule has 0 saturated heterocycles. The van der Waals surface area contributed by atoms with Crippen LogP contribution in [0.3, 0.4) is 0 Å². The zero-order chi connectivity index (χ0) is 15.9. The van der Waals surface area contributed by atoms with E-state index in [-0.39, 0.29) is 5.91 Å². The van der Waals surface area contributed by atoms with Crippen molar-refractivity contribution in [2.75, 3.05) is 0 Å². The van der Waals surface area contributed by atoms with Crippen molar-refractivity contribution < 1.29 is 9.21 Å². The monoisotopic (exact) mass is 305 g/mol. The maximum atomic E-state index is 12.3. The van der Waals surface area contributed by atoms with Crippen molar-refractivity contribution in [1.82, 2.24) is 9.99 Å². The normalized spacial score (nSPS) is 11.3. The van der Waals surface area contributed by atoms with Crippen molar-refractivity contribution in [3.05, 3.63) is 84.6 Å². The fourth-order valence-corrected chi connectivity index (χ4v) is 2.11. The molecular formula is C18H15N3O2. The topological polar surface area (TPSA) is 59.5 Å². The summed E-state index contributed by atoms with van der Waals surface area (Å²) in [6.45, 7) is 0.